The number of nitrogens with zero attached hydrogens (tertiary/aromatic N) is 1. The van der Waals surface area contributed by atoms with Gasteiger partial charge in [-0.2, -0.15) is 0 Å². The topological polar surface area (TPSA) is 60.3 Å². The van der Waals surface area contributed by atoms with Crippen LogP contribution in [0, 0.1) is 6.92 Å². The summed E-state index contributed by atoms with van der Waals surface area (Å²) < 4.78 is 7.10. The molecule has 0 saturated carbocycles. The molecule has 1 amide bonds. The third-order valence-electron chi connectivity index (χ3n) is 3.95. The lowest BCUT2D eigenvalue weighted by Gasteiger charge is -2.12. The predicted molar refractivity (Wildman–Crippen MR) is 97.9 cm³/mol. The maximum Gasteiger partial charge on any atom is 0.258 e. The highest BCUT2D eigenvalue weighted by Crippen LogP contribution is 2.12. The smallest absolute Gasteiger partial charge is 0.258 e. The van der Waals surface area contributed by atoms with Gasteiger partial charge < -0.3 is 14.6 Å². The van der Waals surface area contributed by atoms with Crippen molar-refractivity contribution in [3.05, 3.63) is 76.6 Å². The monoisotopic (exact) mass is 336 g/mol. The molecule has 0 aliphatic heterocycles. The number of aryl methyl sites for hydroxylation is 1. The van der Waals surface area contributed by atoms with Gasteiger partial charge >= 0.3 is 0 Å². The minimum atomic E-state index is -0.214. The second-order valence-electron chi connectivity index (χ2n) is 5.79. The number of ether oxygens (including phenoxy) is 1. The largest absolute Gasteiger partial charge is 0.484 e. The minimum absolute atomic E-state index is 0.0338. The van der Waals surface area contributed by atoms with Gasteiger partial charge in [0.15, 0.2) is 6.61 Å². The zero-order chi connectivity index (χ0) is 17.6. The van der Waals surface area contributed by atoms with E-state index >= 15 is 0 Å². The van der Waals surface area contributed by atoms with Crippen molar-refractivity contribution in [1.82, 2.24) is 9.88 Å². The van der Waals surface area contributed by atoms with E-state index in [0.717, 1.165) is 10.9 Å². The highest BCUT2D eigenvalue weighted by atomic mass is 16.5. The van der Waals surface area contributed by atoms with Crippen LogP contribution in [0.15, 0.2) is 65.5 Å². The Hall–Kier alpha value is -3.08. The highest BCUT2D eigenvalue weighted by Gasteiger charge is 2.07. The van der Waals surface area contributed by atoms with Crippen LogP contribution in [0.25, 0.3) is 10.9 Å². The van der Waals surface area contributed by atoms with Gasteiger partial charge in [0.05, 0.1) is 5.52 Å². The van der Waals surface area contributed by atoms with Crippen molar-refractivity contribution in [2.75, 3.05) is 13.2 Å². The Balaban J connectivity index is 1.60. The van der Waals surface area contributed by atoms with Gasteiger partial charge in [-0.1, -0.05) is 36.4 Å². The van der Waals surface area contributed by atoms with Crippen LogP contribution in [0.5, 0.6) is 5.75 Å². The van der Waals surface area contributed by atoms with Crippen molar-refractivity contribution in [2.45, 2.75) is 13.5 Å². The first kappa shape index (κ1) is 16.8. The average molecular weight is 336 g/mol. The molecule has 0 saturated heterocycles. The van der Waals surface area contributed by atoms with E-state index in [9.17, 15) is 9.59 Å². The van der Waals surface area contributed by atoms with Gasteiger partial charge in [0.25, 0.3) is 11.5 Å². The van der Waals surface area contributed by atoms with Gasteiger partial charge in [0.2, 0.25) is 0 Å². The molecule has 1 aromatic heterocycles. The van der Waals surface area contributed by atoms with E-state index in [1.807, 2.05) is 48.5 Å². The molecule has 0 aliphatic rings. The van der Waals surface area contributed by atoms with Crippen molar-refractivity contribution in [1.29, 1.82) is 0 Å². The molecule has 0 aliphatic carbocycles. The van der Waals surface area contributed by atoms with Crippen LogP contribution in [0.2, 0.25) is 0 Å². The number of benzene rings is 2. The fourth-order valence-electron chi connectivity index (χ4n) is 2.72. The van der Waals surface area contributed by atoms with E-state index in [1.165, 1.54) is 0 Å². The molecule has 3 aromatic rings. The molecule has 0 unspecified atom stereocenters. The molecule has 0 atom stereocenters. The third kappa shape index (κ3) is 4.07. The molecular formula is C20H20N2O3. The number of nitrogens with one attached hydrogen (secondary N) is 1. The molecule has 0 bridgehead atoms. The van der Waals surface area contributed by atoms with E-state index in [1.54, 1.807) is 23.6 Å². The van der Waals surface area contributed by atoms with Crippen LogP contribution in [-0.2, 0) is 11.3 Å². The lowest BCUT2D eigenvalue weighted by molar-refractivity contribution is -0.123. The molecule has 3 rings (SSSR count). The second-order valence-corrected chi connectivity index (χ2v) is 5.79. The molecule has 0 radical (unpaired) electrons. The van der Waals surface area contributed by atoms with Crippen LogP contribution >= 0.6 is 0 Å². The van der Waals surface area contributed by atoms with Crippen molar-refractivity contribution < 1.29 is 9.53 Å². The zero-order valence-corrected chi connectivity index (χ0v) is 14.1. The lowest BCUT2D eigenvalue weighted by Crippen LogP contribution is -2.34. The summed E-state index contributed by atoms with van der Waals surface area (Å²) in [6.07, 6.45) is 0. The number of amides is 1. The SMILES string of the molecule is Cc1cc2ccccc2n(CCNC(=O)COc2ccccc2)c1=O. The summed E-state index contributed by atoms with van der Waals surface area (Å²) in [6.45, 7) is 2.54. The first-order chi connectivity index (χ1) is 12.1. The maximum absolute atomic E-state index is 12.4. The molecule has 25 heavy (non-hydrogen) atoms. The molecule has 0 fully saturated rings. The van der Waals surface area contributed by atoms with Gasteiger partial charge in [-0.3, -0.25) is 9.59 Å². The quantitative estimate of drug-likeness (QED) is 0.752. The number of pyridine rings is 1. The van der Waals surface area contributed by atoms with Crippen LogP contribution < -0.4 is 15.6 Å². The summed E-state index contributed by atoms with van der Waals surface area (Å²) in [6, 6.07) is 18.8. The number of fused-ring (bicyclic) bond motifs is 1. The molecule has 5 nitrogen and oxygen atoms in total. The summed E-state index contributed by atoms with van der Waals surface area (Å²) in [5, 5.41) is 3.80. The van der Waals surface area contributed by atoms with Crippen LogP contribution in [-0.4, -0.2) is 23.6 Å². The number of aromatic nitrogens is 1. The van der Waals surface area contributed by atoms with E-state index < -0.39 is 0 Å². The number of para-hydroxylation sites is 2. The first-order valence-electron chi connectivity index (χ1n) is 8.19. The van der Waals surface area contributed by atoms with Gasteiger partial charge in [0, 0.05) is 18.7 Å². The van der Waals surface area contributed by atoms with Crippen LogP contribution in [0.1, 0.15) is 5.56 Å². The van der Waals surface area contributed by atoms with Crippen molar-refractivity contribution >= 4 is 16.8 Å². The number of carbonyl (C=O) groups excluding carboxylic acids is 1. The van der Waals surface area contributed by atoms with E-state index in [-0.39, 0.29) is 18.1 Å². The number of hydrogen-bond donors (Lipinski definition) is 1. The standard InChI is InChI=1S/C20H20N2O3/c1-15-13-16-7-5-6-10-18(16)22(20(15)24)12-11-21-19(23)14-25-17-8-3-2-4-9-17/h2-10,13H,11-12,14H2,1H3,(H,21,23). The fraction of sp³-hybridized carbons (Fsp3) is 0.200. The molecular weight excluding hydrogens is 316 g/mol. The van der Waals surface area contributed by atoms with E-state index in [2.05, 4.69) is 5.32 Å². The number of rotatable bonds is 6. The summed E-state index contributed by atoms with van der Waals surface area (Å²) in [5.41, 5.74) is 1.53. The minimum Gasteiger partial charge on any atom is -0.484 e. The second kappa shape index (κ2) is 7.66. The third-order valence-corrected chi connectivity index (χ3v) is 3.95. The maximum atomic E-state index is 12.4. The molecule has 128 valence electrons. The normalized spacial score (nSPS) is 10.6. The Bertz CT molecular complexity index is 933. The summed E-state index contributed by atoms with van der Waals surface area (Å²) in [4.78, 5) is 24.3. The number of hydrogen-bond acceptors (Lipinski definition) is 3. The van der Waals surface area contributed by atoms with Gasteiger partial charge in [-0.25, -0.2) is 0 Å². The molecule has 0 spiro atoms. The fourth-order valence-corrected chi connectivity index (χ4v) is 2.72. The summed E-state index contributed by atoms with van der Waals surface area (Å²) in [7, 11) is 0. The van der Waals surface area contributed by atoms with Gasteiger partial charge in [-0.05, 0) is 36.6 Å². The molecule has 1 N–H and O–H groups in total. The zero-order valence-electron chi connectivity index (χ0n) is 14.1. The van der Waals surface area contributed by atoms with Crippen LogP contribution in [0.4, 0.5) is 0 Å². The van der Waals surface area contributed by atoms with E-state index in [4.69, 9.17) is 4.74 Å². The van der Waals surface area contributed by atoms with Crippen molar-refractivity contribution in [3.63, 3.8) is 0 Å². The van der Waals surface area contributed by atoms with E-state index in [0.29, 0.717) is 24.4 Å². The Morgan fingerprint density at radius 1 is 1.08 bits per heavy atom. The lowest BCUT2D eigenvalue weighted by atomic mass is 10.1. The molecule has 2 aromatic carbocycles. The van der Waals surface area contributed by atoms with Crippen molar-refractivity contribution in [3.8, 4) is 5.75 Å². The van der Waals surface area contributed by atoms with Crippen LogP contribution in [0.3, 0.4) is 0 Å². The highest BCUT2D eigenvalue weighted by molar-refractivity contribution is 5.79. The molecule has 1 heterocycles. The Morgan fingerprint density at radius 2 is 1.80 bits per heavy atom. The Labute approximate surface area is 145 Å². The predicted octanol–water partition coefficient (Wildman–Crippen LogP) is 2.51. The van der Waals surface area contributed by atoms with Gasteiger partial charge in [0.1, 0.15) is 5.75 Å². The average Bonchev–Trinajstić information content (AvgIpc) is 2.64. The summed E-state index contributed by atoms with van der Waals surface area (Å²) in [5.74, 6) is 0.437. The summed E-state index contributed by atoms with van der Waals surface area (Å²) >= 11 is 0. The first-order valence-corrected chi connectivity index (χ1v) is 8.19. The Kier molecular flexibility index (Phi) is 5.14. The molecule has 5 heteroatoms. The number of carbonyl (C=O) groups is 1. The Morgan fingerprint density at radius 3 is 2.60 bits per heavy atom. The van der Waals surface area contributed by atoms with Crippen molar-refractivity contribution in [2.24, 2.45) is 0 Å². The van der Waals surface area contributed by atoms with Gasteiger partial charge in [-0.15, -0.1) is 0 Å².